The summed E-state index contributed by atoms with van der Waals surface area (Å²) >= 11 is 0. The summed E-state index contributed by atoms with van der Waals surface area (Å²) < 4.78 is 17.1. The molecule has 0 aliphatic carbocycles. The highest BCUT2D eigenvalue weighted by Crippen LogP contribution is 2.14. The SMILES string of the molecule is O=C(O)C(Oc1cccc(F)c1)[N+](=O)[O-]. The molecule has 0 heterocycles. The van der Waals surface area contributed by atoms with Gasteiger partial charge in [-0.2, -0.15) is 0 Å². The zero-order chi connectivity index (χ0) is 11.4. The standard InChI is InChI=1S/C8H6FNO5/c9-5-2-1-3-6(4-5)15-7(8(11)12)10(13)14/h1-4,7H,(H,11,12). The van der Waals surface area contributed by atoms with E-state index in [1.165, 1.54) is 12.1 Å². The summed E-state index contributed by atoms with van der Waals surface area (Å²) in [6, 6.07) is 4.44. The predicted octanol–water partition coefficient (Wildman–Crippen LogP) is 0.892. The molecule has 1 atom stereocenters. The van der Waals surface area contributed by atoms with E-state index >= 15 is 0 Å². The van der Waals surface area contributed by atoms with Gasteiger partial charge in [0, 0.05) is 6.07 Å². The van der Waals surface area contributed by atoms with E-state index < -0.39 is 22.9 Å². The number of hydrogen-bond acceptors (Lipinski definition) is 4. The summed E-state index contributed by atoms with van der Waals surface area (Å²) in [6.45, 7) is 0. The fourth-order valence-electron chi connectivity index (χ4n) is 0.853. The molecule has 6 nitrogen and oxygen atoms in total. The molecular weight excluding hydrogens is 209 g/mol. The molecule has 0 saturated heterocycles. The van der Waals surface area contributed by atoms with Crippen LogP contribution in [-0.2, 0) is 4.79 Å². The second kappa shape index (κ2) is 4.36. The van der Waals surface area contributed by atoms with Gasteiger partial charge >= 0.3 is 12.2 Å². The van der Waals surface area contributed by atoms with Crippen LogP contribution in [0.15, 0.2) is 24.3 Å². The zero-order valence-electron chi connectivity index (χ0n) is 7.29. The molecule has 0 amide bonds. The number of carboxylic acid groups (broad SMARTS) is 1. The Morgan fingerprint density at radius 2 is 2.27 bits per heavy atom. The molecule has 0 aliphatic heterocycles. The van der Waals surface area contributed by atoms with E-state index in [0.29, 0.717) is 0 Å². The third kappa shape index (κ3) is 2.90. The van der Waals surface area contributed by atoms with E-state index in [-0.39, 0.29) is 5.75 Å². The Bertz CT molecular complexity index is 380. The van der Waals surface area contributed by atoms with Crippen molar-refractivity contribution in [2.24, 2.45) is 0 Å². The molecule has 1 aromatic rings. The lowest BCUT2D eigenvalue weighted by Crippen LogP contribution is -2.34. The van der Waals surface area contributed by atoms with Crippen molar-refractivity contribution in [1.29, 1.82) is 0 Å². The number of rotatable bonds is 4. The van der Waals surface area contributed by atoms with Crippen molar-refractivity contribution in [1.82, 2.24) is 0 Å². The van der Waals surface area contributed by atoms with Gasteiger partial charge in [-0.15, -0.1) is 0 Å². The van der Waals surface area contributed by atoms with Crippen molar-refractivity contribution in [3.63, 3.8) is 0 Å². The maximum absolute atomic E-state index is 12.6. The average molecular weight is 215 g/mol. The second-order valence-electron chi connectivity index (χ2n) is 2.55. The Morgan fingerprint density at radius 1 is 1.60 bits per heavy atom. The van der Waals surface area contributed by atoms with Crippen molar-refractivity contribution < 1.29 is 24.0 Å². The van der Waals surface area contributed by atoms with Gasteiger partial charge in [0.25, 0.3) is 0 Å². The first-order valence-electron chi connectivity index (χ1n) is 3.79. The fraction of sp³-hybridized carbons (Fsp3) is 0.125. The molecular formula is C8H6FNO5. The Hall–Kier alpha value is -2.18. The summed E-state index contributed by atoms with van der Waals surface area (Å²) in [4.78, 5) is 19.5. The molecule has 1 rings (SSSR count). The number of carboxylic acids is 1. The van der Waals surface area contributed by atoms with Gasteiger partial charge in [0.1, 0.15) is 11.6 Å². The lowest BCUT2D eigenvalue weighted by Gasteiger charge is -2.07. The Balaban J connectivity index is 2.83. The van der Waals surface area contributed by atoms with E-state index in [2.05, 4.69) is 4.74 Å². The summed E-state index contributed by atoms with van der Waals surface area (Å²) in [6.07, 6.45) is -2.23. The minimum atomic E-state index is -2.23. The van der Waals surface area contributed by atoms with Crippen LogP contribution in [0.4, 0.5) is 4.39 Å². The van der Waals surface area contributed by atoms with Gasteiger partial charge < -0.3 is 9.84 Å². The molecule has 0 aromatic heterocycles. The molecule has 0 saturated carbocycles. The topological polar surface area (TPSA) is 89.7 Å². The van der Waals surface area contributed by atoms with Crippen LogP contribution in [-0.4, -0.2) is 22.2 Å². The summed E-state index contributed by atoms with van der Waals surface area (Å²) in [7, 11) is 0. The van der Waals surface area contributed by atoms with E-state index in [4.69, 9.17) is 5.11 Å². The van der Waals surface area contributed by atoms with Gasteiger partial charge in [-0.1, -0.05) is 6.07 Å². The quantitative estimate of drug-likeness (QED) is 0.457. The fourth-order valence-corrected chi connectivity index (χ4v) is 0.853. The smallest absolute Gasteiger partial charge is 0.451 e. The average Bonchev–Trinajstić information content (AvgIpc) is 2.13. The first-order valence-corrected chi connectivity index (χ1v) is 3.79. The minimum Gasteiger partial charge on any atom is -0.473 e. The van der Waals surface area contributed by atoms with Crippen molar-refractivity contribution in [3.8, 4) is 5.75 Å². The number of nitro groups is 1. The molecule has 7 heteroatoms. The van der Waals surface area contributed by atoms with Crippen LogP contribution < -0.4 is 4.74 Å². The lowest BCUT2D eigenvalue weighted by molar-refractivity contribution is -0.548. The monoisotopic (exact) mass is 215 g/mol. The summed E-state index contributed by atoms with van der Waals surface area (Å²) in [5.41, 5.74) is 0. The number of nitrogens with zero attached hydrogens (tertiary/aromatic N) is 1. The van der Waals surface area contributed by atoms with Gasteiger partial charge in [0.2, 0.25) is 0 Å². The number of benzene rings is 1. The molecule has 80 valence electrons. The van der Waals surface area contributed by atoms with Crippen LogP contribution in [0.2, 0.25) is 0 Å². The number of hydrogen-bond donors (Lipinski definition) is 1. The number of ether oxygens (including phenoxy) is 1. The number of aliphatic carboxylic acids is 1. The van der Waals surface area contributed by atoms with Crippen LogP contribution in [0.5, 0.6) is 5.75 Å². The zero-order valence-corrected chi connectivity index (χ0v) is 7.29. The maximum atomic E-state index is 12.6. The number of halogens is 1. The highest BCUT2D eigenvalue weighted by atomic mass is 19.1. The highest BCUT2D eigenvalue weighted by molar-refractivity contribution is 5.70. The lowest BCUT2D eigenvalue weighted by atomic mass is 10.3. The van der Waals surface area contributed by atoms with E-state index in [0.717, 1.165) is 12.1 Å². The Labute approximate surface area is 83.0 Å². The maximum Gasteiger partial charge on any atom is 0.451 e. The largest absolute Gasteiger partial charge is 0.473 e. The van der Waals surface area contributed by atoms with Crippen molar-refractivity contribution in [2.45, 2.75) is 6.23 Å². The Kier molecular flexibility index (Phi) is 3.17. The van der Waals surface area contributed by atoms with Gasteiger partial charge in [-0.25, -0.2) is 9.18 Å². The molecule has 1 unspecified atom stereocenters. The van der Waals surface area contributed by atoms with Crippen LogP contribution >= 0.6 is 0 Å². The first-order chi connectivity index (χ1) is 7.00. The molecule has 0 fully saturated rings. The van der Waals surface area contributed by atoms with E-state index in [9.17, 15) is 19.3 Å². The Morgan fingerprint density at radius 3 is 2.73 bits per heavy atom. The summed E-state index contributed by atoms with van der Waals surface area (Å²) in [5, 5.41) is 18.7. The van der Waals surface area contributed by atoms with Crippen LogP contribution in [0.3, 0.4) is 0 Å². The van der Waals surface area contributed by atoms with Crippen molar-refractivity contribution in [3.05, 3.63) is 40.2 Å². The normalized spacial score (nSPS) is 11.8. The third-order valence-electron chi connectivity index (χ3n) is 1.45. The highest BCUT2D eigenvalue weighted by Gasteiger charge is 2.31. The van der Waals surface area contributed by atoms with Crippen LogP contribution in [0, 0.1) is 15.9 Å². The van der Waals surface area contributed by atoms with Crippen molar-refractivity contribution in [2.75, 3.05) is 0 Å². The number of carbonyl (C=O) groups is 1. The third-order valence-corrected chi connectivity index (χ3v) is 1.45. The predicted molar refractivity (Wildman–Crippen MR) is 45.4 cm³/mol. The van der Waals surface area contributed by atoms with Crippen molar-refractivity contribution >= 4 is 5.97 Å². The molecule has 15 heavy (non-hydrogen) atoms. The van der Waals surface area contributed by atoms with E-state index in [1.807, 2.05) is 0 Å². The van der Waals surface area contributed by atoms with Gasteiger partial charge in [0.15, 0.2) is 0 Å². The second-order valence-corrected chi connectivity index (χ2v) is 2.55. The molecule has 0 bridgehead atoms. The van der Waals surface area contributed by atoms with Gasteiger partial charge in [-0.05, 0) is 12.1 Å². The molecule has 1 aromatic carbocycles. The molecule has 1 N–H and O–H groups in total. The first kappa shape index (κ1) is 10.9. The minimum absolute atomic E-state index is 0.209. The van der Waals surface area contributed by atoms with Crippen LogP contribution in [0.1, 0.15) is 0 Å². The van der Waals surface area contributed by atoms with Gasteiger partial charge in [-0.3, -0.25) is 10.1 Å². The molecule has 0 aliphatic rings. The van der Waals surface area contributed by atoms with Gasteiger partial charge in [0.05, 0.1) is 4.92 Å². The van der Waals surface area contributed by atoms with Crippen LogP contribution in [0.25, 0.3) is 0 Å². The molecule has 0 spiro atoms. The molecule has 0 radical (unpaired) electrons. The van der Waals surface area contributed by atoms with E-state index in [1.54, 1.807) is 0 Å². The summed E-state index contributed by atoms with van der Waals surface area (Å²) in [5.74, 6) is -2.62.